The van der Waals surface area contributed by atoms with Gasteiger partial charge >= 0.3 is 0 Å². The van der Waals surface area contributed by atoms with E-state index in [0.29, 0.717) is 17.8 Å². The summed E-state index contributed by atoms with van der Waals surface area (Å²) in [6.45, 7) is 3.82. The summed E-state index contributed by atoms with van der Waals surface area (Å²) in [5, 5.41) is 12.8. The number of phenolic OH excluding ortho intramolecular Hbond substituents is 1. The van der Waals surface area contributed by atoms with E-state index in [1.54, 1.807) is 24.3 Å². The van der Waals surface area contributed by atoms with E-state index >= 15 is 0 Å². The van der Waals surface area contributed by atoms with Crippen LogP contribution in [0.4, 0.5) is 0 Å². The van der Waals surface area contributed by atoms with Crippen molar-refractivity contribution in [1.82, 2.24) is 5.32 Å². The lowest BCUT2D eigenvalue weighted by molar-refractivity contribution is -0.148. The molecule has 4 fully saturated rings. The second-order valence-electron chi connectivity index (χ2n) is 9.29. The van der Waals surface area contributed by atoms with E-state index < -0.39 is 5.41 Å². The van der Waals surface area contributed by atoms with Crippen molar-refractivity contribution in [3.8, 4) is 5.75 Å². The van der Waals surface area contributed by atoms with Crippen LogP contribution >= 0.6 is 0 Å². The number of aromatic hydroxyl groups is 1. The van der Waals surface area contributed by atoms with E-state index in [4.69, 9.17) is 5.73 Å². The van der Waals surface area contributed by atoms with Crippen molar-refractivity contribution in [3.63, 3.8) is 0 Å². The highest BCUT2D eigenvalue weighted by Gasteiger charge is 2.58. The molecule has 0 aromatic heterocycles. The maximum Gasteiger partial charge on any atom is 0.230 e. The zero-order chi connectivity index (χ0) is 18.7. The Bertz CT molecular complexity index is 724. The summed E-state index contributed by atoms with van der Waals surface area (Å²) >= 11 is 0. The molecule has 5 heteroatoms. The third kappa shape index (κ3) is 2.60. The number of nitrogens with one attached hydrogen (secondary N) is 1. The molecule has 140 valence electrons. The van der Waals surface area contributed by atoms with Gasteiger partial charge in [0.25, 0.3) is 0 Å². The van der Waals surface area contributed by atoms with Gasteiger partial charge in [-0.15, -0.1) is 0 Å². The van der Waals surface area contributed by atoms with Gasteiger partial charge in [-0.25, -0.2) is 0 Å². The lowest BCUT2D eigenvalue weighted by Crippen LogP contribution is -2.63. The maximum absolute atomic E-state index is 13.1. The summed E-state index contributed by atoms with van der Waals surface area (Å²) in [7, 11) is 0. The highest BCUT2D eigenvalue weighted by molar-refractivity contribution is 5.88. The quantitative estimate of drug-likeness (QED) is 0.774. The molecule has 26 heavy (non-hydrogen) atoms. The van der Waals surface area contributed by atoms with Crippen LogP contribution in [-0.4, -0.2) is 23.0 Å². The van der Waals surface area contributed by atoms with E-state index in [0.717, 1.165) is 37.7 Å². The molecule has 0 radical (unpaired) electrons. The highest BCUT2D eigenvalue weighted by atomic mass is 16.3. The third-order valence-corrected chi connectivity index (χ3v) is 7.25. The van der Waals surface area contributed by atoms with E-state index in [-0.39, 0.29) is 29.0 Å². The number of hydrogen-bond donors (Lipinski definition) is 3. The molecule has 0 saturated heterocycles. The van der Waals surface area contributed by atoms with E-state index in [9.17, 15) is 14.7 Å². The van der Waals surface area contributed by atoms with Gasteiger partial charge in [0.1, 0.15) is 5.75 Å². The van der Waals surface area contributed by atoms with Crippen molar-refractivity contribution >= 4 is 11.8 Å². The van der Waals surface area contributed by atoms with E-state index in [1.165, 1.54) is 0 Å². The van der Waals surface area contributed by atoms with Crippen molar-refractivity contribution < 1.29 is 14.7 Å². The van der Waals surface area contributed by atoms with Gasteiger partial charge in [0, 0.05) is 11.5 Å². The number of primary amides is 1. The largest absolute Gasteiger partial charge is 0.508 e. The number of amides is 2. The molecule has 2 atom stereocenters. The molecule has 1 aromatic rings. The molecule has 1 aromatic carbocycles. The molecule has 4 bridgehead atoms. The van der Waals surface area contributed by atoms with Gasteiger partial charge in [0.2, 0.25) is 11.8 Å². The highest BCUT2D eigenvalue weighted by Crippen LogP contribution is 2.60. The number of carbonyl (C=O) groups is 2. The Morgan fingerprint density at radius 3 is 2.23 bits per heavy atom. The number of phenols is 1. The first-order chi connectivity index (χ1) is 12.2. The van der Waals surface area contributed by atoms with Crippen LogP contribution in [0.2, 0.25) is 0 Å². The molecular weight excluding hydrogens is 328 g/mol. The lowest BCUT2D eigenvalue weighted by atomic mass is 9.47. The van der Waals surface area contributed by atoms with Crippen molar-refractivity contribution in [2.24, 2.45) is 28.9 Å². The van der Waals surface area contributed by atoms with Crippen molar-refractivity contribution in [1.29, 1.82) is 0 Å². The number of rotatable bonds is 4. The molecule has 0 heterocycles. The summed E-state index contributed by atoms with van der Waals surface area (Å²) < 4.78 is 0. The monoisotopic (exact) mass is 356 g/mol. The minimum atomic E-state index is -0.677. The standard InChI is InChI=1S/C21H28N2O3/c1-20(2,15-3-5-16(24)6-4-15)19(26)23-17-13-7-12-8-14(17)11-21(9-12,10-13)18(22)25/h3-6,12-14,17,24H,7-11H2,1-2H3,(H2,22,25)(H,23,26). The Balaban J connectivity index is 1.52. The molecule has 5 nitrogen and oxygen atoms in total. The van der Waals surface area contributed by atoms with Crippen LogP contribution in [0.5, 0.6) is 5.75 Å². The van der Waals surface area contributed by atoms with Gasteiger partial charge in [0.15, 0.2) is 0 Å². The summed E-state index contributed by atoms with van der Waals surface area (Å²) in [6.07, 6.45) is 4.76. The van der Waals surface area contributed by atoms with Crippen LogP contribution in [0.1, 0.15) is 51.5 Å². The summed E-state index contributed by atoms with van der Waals surface area (Å²) in [6, 6.07) is 6.97. The van der Waals surface area contributed by atoms with Crippen molar-refractivity contribution in [2.75, 3.05) is 0 Å². The fourth-order valence-corrected chi connectivity index (χ4v) is 5.90. The topological polar surface area (TPSA) is 92.4 Å². The molecule has 0 aliphatic heterocycles. The Morgan fingerprint density at radius 2 is 1.69 bits per heavy atom. The number of benzene rings is 1. The first-order valence-corrected chi connectivity index (χ1v) is 9.62. The van der Waals surface area contributed by atoms with E-state index in [2.05, 4.69) is 5.32 Å². The smallest absolute Gasteiger partial charge is 0.230 e. The number of nitrogens with two attached hydrogens (primary N) is 1. The zero-order valence-corrected chi connectivity index (χ0v) is 15.5. The van der Waals surface area contributed by atoms with Crippen molar-refractivity contribution in [2.45, 2.75) is 57.4 Å². The molecule has 2 amide bonds. The molecule has 0 spiro atoms. The first kappa shape index (κ1) is 17.4. The molecule has 4 aliphatic rings. The SMILES string of the molecule is CC(C)(C(=O)NC1C2CC3CC1CC(C(N)=O)(C3)C2)c1ccc(O)cc1. The minimum absolute atomic E-state index is 0.00814. The van der Waals surface area contributed by atoms with Crippen LogP contribution in [0.3, 0.4) is 0 Å². The summed E-state index contributed by atoms with van der Waals surface area (Å²) in [5.74, 6) is 1.35. The third-order valence-electron chi connectivity index (χ3n) is 7.25. The molecule has 4 saturated carbocycles. The molecule has 4 N–H and O–H groups in total. The Kier molecular flexibility index (Phi) is 3.83. The normalized spacial score (nSPS) is 35.3. The molecule has 2 unspecified atom stereocenters. The number of hydrogen-bond acceptors (Lipinski definition) is 3. The first-order valence-electron chi connectivity index (χ1n) is 9.62. The predicted octanol–water partition coefficient (Wildman–Crippen LogP) is 2.47. The van der Waals surface area contributed by atoms with Gasteiger partial charge in [0.05, 0.1) is 5.41 Å². The summed E-state index contributed by atoms with van der Waals surface area (Å²) in [5.41, 5.74) is 5.62. The van der Waals surface area contributed by atoms with Crippen LogP contribution in [0, 0.1) is 23.2 Å². The maximum atomic E-state index is 13.1. The van der Waals surface area contributed by atoms with Crippen LogP contribution in [0.15, 0.2) is 24.3 Å². The molecule has 4 aliphatic carbocycles. The lowest BCUT2D eigenvalue weighted by Gasteiger charge is -2.59. The Morgan fingerprint density at radius 1 is 1.12 bits per heavy atom. The second-order valence-corrected chi connectivity index (χ2v) is 9.29. The second kappa shape index (κ2) is 5.73. The van der Waals surface area contributed by atoms with Crippen LogP contribution in [0.25, 0.3) is 0 Å². The van der Waals surface area contributed by atoms with E-state index in [1.807, 2.05) is 13.8 Å². The van der Waals surface area contributed by atoms with Gasteiger partial charge in [-0.05, 0) is 81.4 Å². The van der Waals surface area contributed by atoms with Gasteiger partial charge in [-0.1, -0.05) is 12.1 Å². The zero-order valence-electron chi connectivity index (χ0n) is 15.5. The molecule has 5 rings (SSSR count). The Labute approximate surface area is 154 Å². The summed E-state index contributed by atoms with van der Waals surface area (Å²) in [4.78, 5) is 25.2. The Hall–Kier alpha value is -2.04. The van der Waals surface area contributed by atoms with Crippen LogP contribution in [-0.2, 0) is 15.0 Å². The fourth-order valence-electron chi connectivity index (χ4n) is 5.90. The van der Waals surface area contributed by atoms with Gasteiger partial charge < -0.3 is 16.2 Å². The predicted molar refractivity (Wildman–Crippen MR) is 98.2 cm³/mol. The molecular formula is C21H28N2O3. The average molecular weight is 356 g/mol. The minimum Gasteiger partial charge on any atom is -0.508 e. The van der Waals surface area contributed by atoms with Gasteiger partial charge in [-0.2, -0.15) is 0 Å². The van der Waals surface area contributed by atoms with Crippen LogP contribution < -0.4 is 11.1 Å². The van der Waals surface area contributed by atoms with Crippen molar-refractivity contribution in [3.05, 3.63) is 29.8 Å². The average Bonchev–Trinajstić information content (AvgIpc) is 2.57. The number of carbonyl (C=O) groups excluding carboxylic acids is 2. The fraction of sp³-hybridized carbons (Fsp3) is 0.619. The van der Waals surface area contributed by atoms with Gasteiger partial charge in [-0.3, -0.25) is 9.59 Å².